The summed E-state index contributed by atoms with van der Waals surface area (Å²) >= 11 is 14.4. The predicted octanol–water partition coefficient (Wildman–Crippen LogP) is 7.15. The number of rotatable bonds is 8. The molecule has 0 saturated carbocycles. The Kier molecular flexibility index (Phi) is 9.63. The third-order valence-corrected chi connectivity index (χ3v) is 9.27. The SMILES string of the molecule is Cc1scnc1C(Nc1cc(Cl)c2ncc(C#N)c(Nc3ccc(F)c(Cl)c3)c2c1)C([NH3+])=CNC1CCN(C(C)(C)C)CC1. The van der Waals surface area contributed by atoms with Gasteiger partial charge in [-0.3, -0.25) is 9.88 Å². The van der Waals surface area contributed by atoms with Crippen LogP contribution in [0.1, 0.15) is 55.8 Å². The van der Waals surface area contributed by atoms with Gasteiger partial charge in [0.25, 0.3) is 0 Å². The highest BCUT2D eigenvalue weighted by atomic mass is 35.5. The number of benzene rings is 2. The fourth-order valence-corrected chi connectivity index (χ4v) is 6.46. The molecule has 1 saturated heterocycles. The summed E-state index contributed by atoms with van der Waals surface area (Å²) in [4.78, 5) is 12.7. The van der Waals surface area contributed by atoms with Gasteiger partial charge >= 0.3 is 0 Å². The molecular weight excluding hydrogens is 618 g/mol. The molecule has 0 amide bonds. The fraction of sp³-hybridized carbons (Fsp3) is 0.344. The van der Waals surface area contributed by atoms with Gasteiger partial charge in [0.1, 0.15) is 23.6 Å². The summed E-state index contributed by atoms with van der Waals surface area (Å²) in [7, 11) is 0. The second kappa shape index (κ2) is 13.3. The lowest BCUT2D eigenvalue weighted by Crippen LogP contribution is -2.53. The van der Waals surface area contributed by atoms with E-state index in [1.165, 1.54) is 18.3 Å². The number of piperidine rings is 1. The molecule has 2 aromatic carbocycles. The van der Waals surface area contributed by atoms with Crippen LogP contribution in [0.4, 0.5) is 21.5 Å². The first-order valence-electron chi connectivity index (χ1n) is 14.4. The molecule has 1 atom stereocenters. The van der Waals surface area contributed by atoms with E-state index < -0.39 is 5.82 Å². The van der Waals surface area contributed by atoms with E-state index in [0.29, 0.717) is 44.6 Å². The van der Waals surface area contributed by atoms with Crippen molar-refractivity contribution in [3.05, 3.63) is 85.9 Å². The first-order valence-corrected chi connectivity index (χ1v) is 16.0. The number of halogens is 3. The van der Waals surface area contributed by atoms with Crippen molar-refractivity contribution < 1.29 is 10.1 Å². The highest BCUT2D eigenvalue weighted by Crippen LogP contribution is 2.37. The van der Waals surface area contributed by atoms with Gasteiger partial charge in [-0.1, -0.05) is 23.2 Å². The molecule has 230 valence electrons. The van der Waals surface area contributed by atoms with Gasteiger partial charge in [0, 0.05) is 52.5 Å². The molecule has 1 fully saturated rings. The molecule has 2 aromatic heterocycles. The molecular formula is C32H36Cl2FN8S+. The minimum absolute atomic E-state index is 0.0307. The first-order chi connectivity index (χ1) is 20.9. The summed E-state index contributed by atoms with van der Waals surface area (Å²) in [5.74, 6) is -0.530. The summed E-state index contributed by atoms with van der Waals surface area (Å²) < 4.78 is 13.8. The van der Waals surface area contributed by atoms with E-state index in [9.17, 15) is 9.65 Å². The zero-order chi connectivity index (χ0) is 31.6. The lowest BCUT2D eigenvalue weighted by Gasteiger charge is -2.40. The van der Waals surface area contributed by atoms with Gasteiger partial charge in [0.15, 0.2) is 0 Å². The number of hydrogen-bond acceptors (Lipinski definition) is 8. The lowest BCUT2D eigenvalue weighted by atomic mass is 9.98. The van der Waals surface area contributed by atoms with Crippen LogP contribution >= 0.6 is 34.5 Å². The zero-order valence-corrected chi connectivity index (χ0v) is 27.5. The third-order valence-electron chi connectivity index (χ3n) is 7.92. The molecule has 1 unspecified atom stereocenters. The van der Waals surface area contributed by atoms with Crippen molar-refractivity contribution in [3.63, 3.8) is 0 Å². The second-order valence-corrected chi connectivity index (χ2v) is 13.8. The number of hydrogen-bond donors (Lipinski definition) is 4. The van der Waals surface area contributed by atoms with Gasteiger partial charge in [-0.25, -0.2) is 9.37 Å². The van der Waals surface area contributed by atoms with Gasteiger partial charge in [-0.15, -0.1) is 11.3 Å². The van der Waals surface area contributed by atoms with Crippen LogP contribution in [0.15, 0.2) is 53.9 Å². The maximum atomic E-state index is 13.8. The molecule has 12 heteroatoms. The minimum Gasteiger partial charge on any atom is -0.384 e. The van der Waals surface area contributed by atoms with Crippen molar-refractivity contribution in [1.29, 1.82) is 5.26 Å². The molecule has 44 heavy (non-hydrogen) atoms. The number of nitrogens with one attached hydrogen (secondary N) is 3. The molecule has 0 radical (unpaired) electrons. The standard InChI is InChI=1S/C32H35Cl2FN8S/c1-18-28(40-17-44-18)31(27(37)16-38-20-7-9-43(10-8-20)32(2,3)4)42-22-11-23-29(41-21-5-6-26(35)24(33)12-21)19(14-36)15-39-30(23)25(34)13-22/h5-6,11-13,15-17,20,31,38,42H,7-10,37H2,1-4H3,(H,39,41)/p+1. The first kappa shape index (κ1) is 31.9. The Morgan fingerprint density at radius 3 is 2.52 bits per heavy atom. The molecule has 5 rings (SSSR count). The van der Waals surface area contributed by atoms with E-state index in [1.807, 2.05) is 24.7 Å². The van der Waals surface area contributed by atoms with E-state index in [-0.39, 0.29) is 16.6 Å². The number of quaternary nitrogens is 1. The lowest BCUT2D eigenvalue weighted by molar-refractivity contribution is -0.309. The zero-order valence-electron chi connectivity index (χ0n) is 25.1. The monoisotopic (exact) mass is 653 g/mol. The van der Waals surface area contributed by atoms with Crippen molar-refractivity contribution in [2.75, 3.05) is 23.7 Å². The predicted molar refractivity (Wildman–Crippen MR) is 178 cm³/mol. The minimum atomic E-state index is -0.530. The van der Waals surface area contributed by atoms with Crippen LogP contribution in [0.2, 0.25) is 10.0 Å². The highest BCUT2D eigenvalue weighted by Gasteiger charge is 2.28. The quantitative estimate of drug-likeness (QED) is 0.160. The van der Waals surface area contributed by atoms with Crippen LogP contribution in [-0.2, 0) is 0 Å². The maximum absolute atomic E-state index is 13.8. The number of thiazole rings is 1. The molecule has 1 aliphatic rings. The number of aryl methyl sites for hydroxylation is 1. The van der Waals surface area contributed by atoms with Crippen molar-refractivity contribution in [3.8, 4) is 6.07 Å². The van der Waals surface area contributed by atoms with Crippen LogP contribution in [0.25, 0.3) is 10.9 Å². The Hall–Kier alpha value is -3.46. The summed E-state index contributed by atoms with van der Waals surface area (Å²) in [6.07, 6.45) is 5.57. The van der Waals surface area contributed by atoms with Crippen LogP contribution in [0.3, 0.4) is 0 Å². The van der Waals surface area contributed by atoms with Crippen molar-refractivity contribution in [1.82, 2.24) is 20.2 Å². The Balaban J connectivity index is 1.46. The average Bonchev–Trinajstić information content (AvgIpc) is 3.41. The molecule has 3 heterocycles. The molecule has 8 nitrogen and oxygen atoms in total. The largest absolute Gasteiger partial charge is 0.384 e. The molecule has 4 aromatic rings. The molecule has 0 bridgehead atoms. The van der Waals surface area contributed by atoms with Gasteiger partial charge in [-0.05, 0) is 70.9 Å². The van der Waals surface area contributed by atoms with Crippen molar-refractivity contribution in [2.45, 2.75) is 58.2 Å². The second-order valence-electron chi connectivity index (χ2n) is 12.0. The number of likely N-dealkylation sites (tertiary alicyclic amines) is 1. The molecule has 0 spiro atoms. The number of nitrogens with zero attached hydrogens (tertiary/aromatic N) is 4. The van der Waals surface area contributed by atoms with Crippen molar-refractivity contribution >= 4 is 62.5 Å². The average molecular weight is 655 g/mol. The molecule has 0 aliphatic carbocycles. The number of fused-ring (bicyclic) bond motifs is 1. The maximum Gasteiger partial charge on any atom is 0.149 e. The van der Waals surface area contributed by atoms with E-state index in [2.05, 4.69) is 63.4 Å². The number of pyridine rings is 1. The summed E-state index contributed by atoms with van der Waals surface area (Å²) in [5, 5.41) is 21.3. The van der Waals surface area contributed by atoms with Crippen LogP contribution in [0.5, 0.6) is 0 Å². The van der Waals surface area contributed by atoms with E-state index in [4.69, 9.17) is 23.2 Å². The number of nitriles is 1. The molecule has 6 N–H and O–H groups in total. The van der Waals surface area contributed by atoms with Crippen LogP contribution in [0, 0.1) is 24.1 Å². The fourth-order valence-electron chi connectivity index (χ4n) is 5.40. The summed E-state index contributed by atoms with van der Waals surface area (Å²) in [6, 6.07) is 10.2. The number of aromatic nitrogens is 2. The summed E-state index contributed by atoms with van der Waals surface area (Å²) in [6.45, 7) is 10.9. The topological polar surface area (TPSA) is 117 Å². The normalized spacial score (nSPS) is 15.7. The van der Waals surface area contributed by atoms with Crippen molar-refractivity contribution in [2.24, 2.45) is 0 Å². The van der Waals surface area contributed by atoms with Gasteiger partial charge in [-0.2, -0.15) is 5.26 Å². The van der Waals surface area contributed by atoms with Crippen LogP contribution < -0.4 is 21.7 Å². The van der Waals surface area contributed by atoms with Gasteiger partial charge in [0.2, 0.25) is 0 Å². The summed E-state index contributed by atoms with van der Waals surface area (Å²) in [5.41, 5.74) is 10.6. The van der Waals surface area contributed by atoms with Gasteiger partial charge < -0.3 is 21.7 Å². The molecule has 1 aliphatic heterocycles. The third kappa shape index (κ3) is 7.09. The van der Waals surface area contributed by atoms with E-state index >= 15 is 0 Å². The number of anilines is 3. The Morgan fingerprint density at radius 2 is 1.89 bits per heavy atom. The van der Waals surface area contributed by atoms with Crippen LogP contribution in [-0.4, -0.2) is 39.5 Å². The Morgan fingerprint density at radius 1 is 1.16 bits per heavy atom. The Bertz CT molecular complexity index is 1730. The van der Waals surface area contributed by atoms with E-state index in [1.54, 1.807) is 23.5 Å². The van der Waals surface area contributed by atoms with Gasteiger partial charge in [0.05, 0.1) is 44.2 Å². The highest BCUT2D eigenvalue weighted by molar-refractivity contribution is 7.09. The Labute approximate surface area is 271 Å². The smallest absolute Gasteiger partial charge is 0.149 e. The van der Waals surface area contributed by atoms with E-state index in [0.717, 1.165) is 42.2 Å².